The van der Waals surface area contributed by atoms with Gasteiger partial charge in [0.15, 0.2) is 0 Å². The van der Waals surface area contributed by atoms with E-state index in [2.05, 4.69) is 277 Å². The molecule has 1 aliphatic rings. The highest BCUT2D eigenvalue weighted by Gasteiger charge is 2.47. The third kappa shape index (κ3) is 6.61. The Labute approximate surface area is 370 Å². The van der Waals surface area contributed by atoms with Crippen molar-refractivity contribution in [2.45, 2.75) is 5.41 Å². The summed E-state index contributed by atoms with van der Waals surface area (Å²) < 4.78 is 0. The zero-order valence-corrected chi connectivity index (χ0v) is 34.8. The molecular formula is C61H44N2. The third-order valence-electron chi connectivity index (χ3n) is 12.5. The fourth-order valence-electron chi connectivity index (χ4n) is 9.81. The van der Waals surface area contributed by atoms with Crippen LogP contribution >= 0.6 is 0 Å². The molecule has 0 saturated heterocycles. The van der Waals surface area contributed by atoms with Crippen molar-refractivity contribution in [2.75, 3.05) is 9.80 Å². The normalized spacial score (nSPS) is 12.3. The molecule has 0 saturated carbocycles. The molecule has 0 radical (unpaired) electrons. The average molecular weight is 805 g/mol. The highest BCUT2D eigenvalue weighted by molar-refractivity contribution is 5.95. The van der Waals surface area contributed by atoms with Gasteiger partial charge in [-0.25, -0.2) is 0 Å². The van der Waals surface area contributed by atoms with E-state index in [4.69, 9.17) is 0 Å². The first-order valence-electron chi connectivity index (χ1n) is 21.7. The zero-order valence-electron chi connectivity index (χ0n) is 34.8. The van der Waals surface area contributed by atoms with Crippen LogP contribution in [0.25, 0.3) is 33.4 Å². The topological polar surface area (TPSA) is 6.48 Å². The maximum Gasteiger partial charge on any atom is 0.0715 e. The lowest BCUT2D eigenvalue weighted by Crippen LogP contribution is -2.29. The minimum atomic E-state index is -0.651. The van der Waals surface area contributed by atoms with Crippen LogP contribution in [0.1, 0.15) is 22.3 Å². The maximum absolute atomic E-state index is 2.46. The van der Waals surface area contributed by atoms with Crippen molar-refractivity contribution >= 4 is 34.1 Å². The minimum absolute atomic E-state index is 0.651. The van der Waals surface area contributed by atoms with Crippen LogP contribution < -0.4 is 9.80 Å². The van der Waals surface area contributed by atoms with E-state index in [9.17, 15) is 0 Å². The number of hydrogen-bond acceptors (Lipinski definition) is 2. The summed E-state index contributed by atoms with van der Waals surface area (Å²) in [6.07, 6.45) is 0. The Hall–Kier alpha value is -8.20. The summed E-state index contributed by atoms with van der Waals surface area (Å²) >= 11 is 0. The summed E-state index contributed by atoms with van der Waals surface area (Å²) in [5.74, 6) is 0. The molecule has 0 amide bonds. The molecule has 0 spiro atoms. The molecule has 298 valence electrons. The quantitative estimate of drug-likeness (QED) is 0.136. The first-order chi connectivity index (χ1) is 31.3. The van der Waals surface area contributed by atoms with Crippen molar-refractivity contribution in [3.8, 4) is 33.4 Å². The van der Waals surface area contributed by atoms with Gasteiger partial charge in [0, 0.05) is 33.9 Å². The Kier molecular flexibility index (Phi) is 9.80. The fraction of sp³-hybridized carbons (Fsp3) is 0.0164. The Morgan fingerprint density at radius 1 is 0.238 bits per heavy atom. The van der Waals surface area contributed by atoms with Gasteiger partial charge < -0.3 is 9.80 Å². The molecule has 1 aliphatic carbocycles. The van der Waals surface area contributed by atoms with Gasteiger partial charge in [0.1, 0.15) is 0 Å². The van der Waals surface area contributed by atoms with E-state index >= 15 is 0 Å². The molecule has 11 rings (SSSR count). The van der Waals surface area contributed by atoms with Crippen LogP contribution in [0.3, 0.4) is 0 Å². The molecule has 10 aromatic carbocycles. The van der Waals surface area contributed by atoms with Crippen molar-refractivity contribution in [1.29, 1.82) is 0 Å². The lowest BCUT2D eigenvalue weighted by Gasteiger charge is -2.36. The van der Waals surface area contributed by atoms with E-state index in [1.807, 2.05) is 0 Å². The number of anilines is 6. The van der Waals surface area contributed by atoms with Gasteiger partial charge in [-0.3, -0.25) is 0 Å². The summed E-state index contributed by atoms with van der Waals surface area (Å²) in [6, 6.07) is 97.0. The molecule has 10 aromatic rings. The molecule has 0 atom stereocenters. The van der Waals surface area contributed by atoms with Crippen molar-refractivity contribution in [1.82, 2.24) is 0 Å². The highest BCUT2D eigenvalue weighted by atomic mass is 15.2. The Morgan fingerprint density at radius 3 is 0.937 bits per heavy atom. The van der Waals surface area contributed by atoms with Gasteiger partial charge in [-0.05, 0) is 105 Å². The summed E-state index contributed by atoms with van der Waals surface area (Å²) in [6.45, 7) is 0. The lowest BCUT2D eigenvalue weighted by atomic mass is 9.67. The van der Waals surface area contributed by atoms with Gasteiger partial charge in [0.25, 0.3) is 0 Å². The molecule has 0 heterocycles. The molecular weight excluding hydrogens is 761 g/mol. The van der Waals surface area contributed by atoms with Crippen LogP contribution in [-0.4, -0.2) is 0 Å². The van der Waals surface area contributed by atoms with Gasteiger partial charge >= 0.3 is 0 Å². The van der Waals surface area contributed by atoms with Crippen LogP contribution in [0, 0.1) is 0 Å². The average Bonchev–Trinajstić information content (AvgIpc) is 3.66. The molecule has 2 heteroatoms. The van der Waals surface area contributed by atoms with E-state index in [1.54, 1.807) is 0 Å². The van der Waals surface area contributed by atoms with E-state index in [1.165, 1.54) is 55.6 Å². The van der Waals surface area contributed by atoms with E-state index in [0.717, 1.165) is 34.1 Å². The first-order valence-corrected chi connectivity index (χ1v) is 21.7. The molecule has 0 unspecified atom stereocenters. The number of nitrogens with zero attached hydrogens (tertiary/aromatic N) is 2. The monoisotopic (exact) mass is 804 g/mol. The largest absolute Gasteiger partial charge is 0.310 e. The zero-order chi connectivity index (χ0) is 42.0. The Balaban J connectivity index is 1.18. The van der Waals surface area contributed by atoms with Crippen molar-refractivity contribution < 1.29 is 0 Å². The second kappa shape index (κ2) is 16.3. The smallest absolute Gasteiger partial charge is 0.0715 e. The summed E-state index contributed by atoms with van der Waals surface area (Å²) in [5.41, 5.74) is 18.1. The summed E-state index contributed by atoms with van der Waals surface area (Å²) in [4.78, 5) is 4.85. The summed E-state index contributed by atoms with van der Waals surface area (Å²) in [7, 11) is 0. The first kappa shape index (κ1) is 37.8. The number of fused-ring (bicyclic) bond motifs is 3. The molecule has 0 bridgehead atoms. The Morgan fingerprint density at radius 2 is 0.556 bits per heavy atom. The van der Waals surface area contributed by atoms with Gasteiger partial charge in [-0.1, -0.05) is 206 Å². The second-order valence-corrected chi connectivity index (χ2v) is 16.1. The number of hydrogen-bond donors (Lipinski definition) is 0. The standard InChI is InChI=1S/C61H44N2/c1-7-23-45(24-8-1)53-35-19-21-37-59(53)62(49-31-15-5-16-32-49)51-39-41-55-56-42-40-52(44-58(56)61(57(55)43-51,47-27-11-3-12-28-47)48-29-13-4-14-30-48)63(50-33-17-6-18-34-50)60-38-22-20-36-54(60)46-25-9-2-10-26-46/h1-44H. The minimum Gasteiger partial charge on any atom is -0.310 e. The summed E-state index contributed by atoms with van der Waals surface area (Å²) in [5, 5.41) is 0. The molecule has 0 aliphatic heterocycles. The predicted molar refractivity (Wildman–Crippen MR) is 264 cm³/mol. The molecule has 63 heavy (non-hydrogen) atoms. The third-order valence-corrected chi connectivity index (χ3v) is 12.5. The molecule has 0 N–H and O–H groups in total. The van der Waals surface area contributed by atoms with Crippen LogP contribution in [-0.2, 0) is 5.41 Å². The van der Waals surface area contributed by atoms with E-state index in [-0.39, 0.29) is 0 Å². The number of benzene rings is 10. The van der Waals surface area contributed by atoms with Gasteiger partial charge in [-0.15, -0.1) is 0 Å². The van der Waals surface area contributed by atoms with E-state index in [0.29, 0.717) is 0 Å². The van der Waals surface area contributed by atoms with Gasteiger partial charge in [0.05, 0.1) is 16.8 Å². The fourth-order valence-corrected chi connectivity index (χ4v) is 9.81. The molecule has 0 aromatic heterocycles. The van der Waals surface area contributed by atoms with Crippen LogP contribution in [0.5, 0.6) is 0 Å². The van der Waals surface area contributed by atoms with Crippen LogP contribution in [0.2, 0.25) is 0 Å². The van der Waals surface area contributed by atoms with Crippen LogP contribution in [0.15, 0.2) is 267 Å². The number of rotatable bonds is 10. The maximum atomic E-state index is 2.46. The van der Waals surface area contributed by atoms with Gasteiger partial charge in [-0.2, -0.15) is 0 Å². The highest BCUT2D eigenvalue weighted by Crippen LogP contribution is 2.59. The Bertz CT molecular complexity index is 2930. The SMILES string of the molecule is c1ccc(-c2ccccc2N(c2ccccc2)c2ccc3c(c2)C(c2ccccc2)(c2ccccc2)c2cc(N(c4ccccc4)c4ccccc4-c4ccccc4)ccc2-3)cc1. The number of para-hydroxylation sites is 4. The second-order valence-electron chi connectivity index (χ2n) is 16.1. The van der Waals surface area contributed by atoms with Crippen molar-refractivity contribution in [3.63, 3.8) is 0 Å². The van der Waals surface area contributed by atoms with Gasteiger partial charge in [0.2, 0.25) is 0 Å². The van der Waals surface area contributed by atoms with Crippen molar-refractivity contribution in [2.24, 2.45) is 0 Å². The molecule has 2 nitrogen and oxygen atoms in total. The van der Waals surface area contributed by atoms with Crippen molar-refractivity contribution in [3.05, 3.63) is 289 Å². The van der Waals surface area contributed by atoms with Crippen LogP contribution in [0.4, 0.5) is 34.1 Å². The molecule has 0 fully saturated rings. The van der Waals surface area contributed by atoms with E-state index < -0.39 is 5.41 Å². The lowest BCUT2D eigenvalue weighted by molar-refractivity contribution is 0.768. The predicted octanol–water partition coefficient (Wildman–Crippen LogP) is 16.3.